The number of benzene rings is 1. The number of carboxylic acid groups (broad SMARTS) is 1. The Morgan fingerprint density at radius 3 is 2.36 bits per heavy atom. The highest BCUT2D eigenvalue weighted by Gasteiger charge is 2.18. The third-order valence-electron chi connectivity index (χ3n) is 3.35. The molecule has 0 saturated heterocycles. The third-order valence-corrected chi connectivity index (χ3v) is 3.35. The van der Waals surface area contributed by atoms with E-state index in [1.165, 1.54) is 25.9 Å². The second-order valence-electron chi connectivity index (χ2n) is 4.56. The van der Waals surface area contributed by atoms with Gasteiger partial charge in [0.05, 0.1) is 33.1 Å². The lowest BCUT2D eigenvalue weighted by molar-refractivity contribution is -0.137. The largest absolute Gasteiger partial charge is 0.493 e. The zero-order valence-electron chi connectivity index (χ0n) is 12.6. The first-order valence-corrected chi connectivity index (χ1v) is 6.57. The number of hydrogen-bond acceptors (Lipinski definition) is 5. The Kier molecular flexibility index (Phi) is 4.55. The van der Waals surface area contributed by atoms with Gasteiger partial charge in [0.1, 0.15) is 0 Å². The highest BCUT2D eigenvalue weighted by molar-refractivity contribution is 5.92. The maximum atomic E-state index is 12.5. The number of aryl methyl sites for hydroxylation is 1. The summed E-state index contributed by atoms with van der Waals surface area (Å²) in [5.74, 6) is 0.219. The second-order valence-corrected chi connectivity index (χ2v) is 4.56. The number of carbonyl (C=O) groups is 1. The number of ether oxygens (including phenoxy) is 3. The van der Waals surface area contributed by atoms with Crippen LogP contribution in [-0.4, -0.2) is 37.0 Å². The molecule has 1 N–H and O–H groups in total. The molecule has 0 radical (unpaired) electrons. The summed E-state index contributed by atoms with van der Waals surface area (Å²) in [6.45, 7) is 0.0980. The normalized spacial score (nSPS) is 10.5. The lowest BCUT2D eigenvalue weighted by Crippen LogP contribution is -2.21. The summed E-state index contributed by atoms with van der Waals surface area (Å²) in [5.41, 5.74) is -0.307. The first-order chi connectivity index (χ1) is 10.5. The molecule has 0 amide bonds. The molecule has 1 aromatic carbocycles. The highest BCUT2D eigenvalue weighted by atomic mass is 16.5. The van der Waals surface area contributed by atoms with Crippen molar-refractivity contribution >= 4 is 16.7 Å². The molecule has 1 heterocycles. The average molecular weight is 307 g/mol. The van der Waals surface area contributed by atoms with Crippen molar-refractivity contribution in [2.75, 3.05) is 21.3 Å². The molecule has 0 fully saturated rings. The monoisotopic (exact) mass is 307 g/mol. The molecule has 2 aromatic rings. The standard InChI is InChI=1S/C15H17NO6/c1-20-11-8-10-9(13(21-2)14(11)22-3)4-6-16(15(10)19)7-5-12(17)18/h4,6,8H,5,7H2,1-3H3,(H,17,18). The highest BCUT2D eigenvalue weighted by Crippen LogP contribution is 2.42. The molecule has 0 bridgehead atoms. The van der Waals surface area contributed by atoms with Crippen LogP contribution in [0.4, 0.5) is 0 Å². The lowest BCUT2D eigenvalue weighted by Gasteiger charge is -2.15. The van der Waals surface area contributed by atoms with Gasteiger partial charge in [-0.2, -0.15) is 0 Å². The molecule has 7 heteroatoms. The van der Waals surface area contributed by atoms with Gasteiger partial charge in [-0.25, -0.2) is 0 Å². The van der Waals surface area contributed by atoms with Crippen LogP contribution < -0.4 is 19.8 Å². The van der Waals surface area contributed by atoms with Crippen LogP contribution in [0.25, 0.3) is 10.8 Å². The average Bonchev–Trinajstić information content (AvgIpc) is 2.52. The van der Waals surface area contributed by atoms with Crippen LogP contribution in [0.1, 0.15) is 6.42 Å². The summed E-state index contributed by atoms with van der Waals surface area (Å²) in [5, 5.41) is 9.70. The zero-order valence-corrected chi connectivity index (χ0v) is 12.6. The van der Waals surface area contributed by atoms with Gasteiger partial charge in [0.15, 0.2) is 11.5 Å². The molecular formula is C15H17NO6. The Morgan fingerprint density at radius 1 is 1.14 bits per heavy atom. The zero-order chi connectivity index (χ0) is 16.3. The number of aromatic nitrogens is 1. The van der Waals surface area contributed by atoms with E-state index in [0.717, 1.165) is 0 Å². The van der Waals surface area contributed by atoms with Crippen LogP contribution in [0.5, 0.6) is 17.2 Å². The van der Waals surface area contributed by atoms with Gasteiger partial charge < -0.3 is 23.9 Å². The van der Waals surface area contributed by atoms with Crippen LogP contribution in [-0.2, 0) is 11.3 Å². The van der Waals surface area contributed by atoms with Gasteiger partial charge in [0.2, 0.25) is 5.75 Å². The van der Waals surface area contributed by atoms with E-state index in [9.17, 15) is 9.59 Å². The van der Waals surface area contributed by atoms with E-state index >= 15 is 0 Å². The predicted octanol–water partition coefficient (Wildman–Crippen LogP) is 1.50. The Morgan fingerprint density at radius 2 is 1.82 bits per heavy atom. The third kappa shape index (κ3) is 2.69. The van der Waals surface area contributed by atoms with Crippen molar-refractivity contribution in [2.24, 2.45) is 0 Å². The number of methoxy groups -OCH3 is 3. The molecule has 118 valence electrons. The predicted molar refractivity (Wildman–Crippen MR) is 80.1 cm³/mol. The van der Waals surface area contributed by atoms with Gasteiger partial charge in [-0.1, -0.05) is 0 Å². The maximum Gasteiger partial charge on any atom is 0.305 e. The topological polar surface area (TPSA) is 87.0 Å². The molecule has 0 aliphatic rings. The minimum atomic E-state index is -0.961. The van der Waals surface area contributed by atoms with E-state index in [1.807, 2.05) is 0 Å². The lowest BCUT2D eigenvalue weighted by atomic mass is 10.1. The number of rotatable bonds is 6. The van der Waals surface area contributed by atoms with Crippen molar-refractivity contribution in [1.29, 1.82) is 0 Å². The Balaban J connectivity index is 2.69. The molecule has 1 aromatic heterocycles. The van der Waals surface area contributed by atoms with Crippen molar-refractivity contribution in [3.05, 3.63) is 28.7 Å². The molecule has 0 saturated carbocycles. The fourth-order valence-electron chi connectivity index (χ4n) is 2.30. The first kappa shape index (κ1) is 15.7. The van der Waals surface area contributed by atoms with E-state index in [0.29, 0.717) is 28.0 Å². The Hall–Kier alpha value is -2.70. The molecular weight excluding hydrogens is 290 g/mol. The van der Waals surface area contributed by atoms with E-state index in [1.54, 1.807) is 18.3 Å². The first-order valence-electron chi connectivity index (χ1n) is 6.57. The molecule has 0 unspecified atom stereocenters. The fourth-order valence-corrected chi connectivity index (χ4v) is 2.30. The minimum Gasteiger partial charge on any atom is -0.493 e. The number of fused-ring (bicyclic) bond motifs is 1. The van der Waals surface area contributed by atoms with E-state index in [-0.39, 0.29) is 18.5 Å². The SMILES string of the molecule is COc1cc2c(=O)n(CCC(=O)O)ccc2c(OC)c1OC. The summed E-state index contributed by atoms with van der Waals surface area (Å²) >= 11 is 0. The summed E-state index contributed by atoms with van der Waals surface area (Å²) in [6, 6.07) is 3.26. The molecule has 22 heavy (non-hydrogen) atoms. The smallest absolute Gasteiger partial charge is 0.305 e. The van der Waals surface area contributed by atoms with Gasteiger partial charge in [-0.3, -0.25) is 9.59 Å². The maximum absolute atomic E-state index is 12.5. The second kappa shape index (κ2) is 6.38. The van der Waals surface area contributed by atoms with Crippen molar-refractivity contribution in [1.82, 2.24) is 4.57 Å². The van der Waals surface area contributed by atoms with Gasteiger partial charge in [0, 0.05) is 18.1 Å². The summed E-state index contributed by atoms with van der Waals surface area (Å²) in [6.07, 6.45) is 1.41. The van der Waals surface area contributed by atoms with Crippen LogP contribution in [0.15, 0.2) is 23.1 Å². The van der Waals surface area contributed by atoms with Crippen LogP contribution in [0.3, 0.4) is 0 Å². The number of pyridine rings is 1. The van der Waals surface area contributed by atoms with Crippen molar-refractivity contribution in [3.8, 4) is 17.2 Å². The van der Waals surface area contributed by atoms with Gasteiger partial charge in [-0.05, 0) is 12.1 Å². The van der Waals surface area contributed by atoms with Crippen molar-refractivity contribution in [2.45, 2.75) is 13.0 Å². The minimum absolute atomic E-state index is 0.0980. The Bertz CT molecular complexity index is 765. The number of carboxylic acids is 1. The molecule has 0 atom stereocenters. The van der Waals surface area contributed by atoms with Crippen molar-refractivity contribution < 1.29 is 24.1 Å². The van der Waals surface area contributed by atoms with E-state index in [4.69, 9.17) is 19.3 Å². The molecule has 7 nitrogen and oxygen atoms in total. The summed E-state index contributed by atoms with van der Waals surface area (Å²) < 4.78 is 17.2. The Labute approximate surface area is 126 Å². The number of aliphatic carboxylic acids is 1. The molecule has 0 spiro atoms. The number of hydrogen-bond donors (Lipinski definition) is 1. The van der Waals surface area contributed by atoms with Gasteiger partial charge in [-0.15, -0.1) is 0 Å². The molecule has 0 aliphatic heterocycles. The van der Waals surface area contributed by atoms with Crippen LogP contribution in [0.2, 0.25) is 0 Å². The van der Waals surface area contributed by atoms with E-state index < -0.39 is 5.97 Å². The molecule has 2 rings (SSSR count). The van der Waals surface area contributed by atoms with Gasteiger partial charge in [0.25, 0.3) is 5.56 Å². The summed E-state index contributed by atoms with van der Waals surface area (Å²) in [4.78, 5) is 23.2. The number of nitrogens with zero attached hydrogens (tertiary/aromatic N) is 1. The summed E-state index contributed by atoms with van der Waals surface area (Å²) in [7, 11) is 4.43. The quantitative estimate of drug-likeness (QED) is 0.870. The van der Waals surface area contributed by atoms with Crippen LogP contribution >= 0.6 is 0 Å². The van der Waals surface area contributed by atoms with Crippen LogP contribution in [0, 0.1) is 0 Å². The van der Waals surface area contributed by atoms with Crippen molar-refractivity contribution in [3.63, 3.8) is 0 Å². The van der Waals surface area contributed by atoms with E-state index in [2.05, 4.69) is 0 Å². The van der Waals surface area contributed by atoms with Gasteiger partial charge >= 0.3 is 5.97 Å². The molecule has 0 aliphatic carbocycles. The fraction of sp³-hybridized carbons (Fsp3) is 0.333.